The number of benzene rings is 1. The number of alkyl halides is 3. The van der Waals surface area contributed by atoms with E-state index in [1.54, 1.807) is 24.3 Å². The lowest BCUT2D eigenvalue weighted by Crippen LogP contribution is -2.29. The van der Waals surface area contributed by atoms with Gasteiger partial charge in [-0.25, -0.2) is 0 Å². The fraction of sp³-hybridized carbons (Fsp3) is 0.188. The van der Waals surface area contributed by atoms with E-state index >= 15 is 0 Å². The topological polar surface area (TPSA) is 68.5 Å². The van der Waals surface area contributed by atoms with Gasteiger partial charge < -0.3 is 10.1 Å². The lowest BCUT2D eigenvalue weighted by atomic mass is 10.3. The summed E-state index contributed by atoms with van der Waals surface area (Å²) in [5, 5.41) is 10.1. The Morgan fingerprint density at radius 2 is 1.88 bits per heavy atom. The number of para-hydroxylation sites is 1. The van der Waals surface area contributed by atoms with Gasteiger partial charge in [0.2, 0.25) is 0 Å². The van der Waals surface area contributed by atoms with Gasteiger partial charge in [0, 0.05) is 6.20 Å². The smallest absolute Gasteiger partial charge is 0.417 e. The van der Waals surface area contributed by atoms with Crippen LogP contribution in [0.5, 0.6) is 5.75 Å². The van der Waals surface area contributed by atoms with Crippen molar-refractivity contribution in [3.05, 3.63) is 60.0 Å². The molecule has 2 aromatic heterocycles. The van der Waals surface area contributed by atoms with Crippen molar-refractivity contribution in [3.8, 4) is 5.75 Å². The molecule has 0 aliphatic rings. The summed E-state index contributed by atoms with van der Waals surface area (Å²) in [4.78, 5) is 11.8. The summed E-state index contributed by atoms with van der Waals surface area (Å²) >= 11 is 0. The minimum atomic E-state index is -4.47. The molecule has 0 fully saturated rings. The van der Waals surface area contributed by atoms with E-state index in [1.165, 1.54) is 10.5 Å². The van der Waals surface area contributed by atoms with Gasteiger partial charge >= 0.3 is 6.18 Å². The van der Waals surface area contributed by atoms with E-state index in [9.17, 15) is 18.0 Å². The highest BCUT2D eigenvalue weighted by atomic mass is 19.4. The number of rotatable bonds is 5. The number of carbonyl (C=O) groups excluding carboxylic acids is 1. The second-order valence-electron chi connectivity index (χ2n) is 5.14. The zero-order valence-corrected chi connectivity index (χ0v) is 12.8. The third-order valence-electron chi connectivity index (χ3n) is 3.36. The Bertz CT molecular complexity index is 878. The average molecular weight is 350 g/mol. The summed E-state index contributed by atoms with van der Waals surface area (Å²) in [6.07, 6.45) is -3.57. The maximum absolute atomic E-state index is 12.8. The summed E-state index contributed by atoms with van der Waals surface area (Å²) < 4.78 is 44.8. The number of amides is 1. The molecule has 1 N–H and O–H groups in total. The first-order valence-corrected chi connectivity index (χ1v) is 7.29. The van der Waals surface area contributed by atoms with Crippen LogP contribution in [0.1, 0.15) is 11.4 Å². The summed E-state index contributed by atoms with van der Waals surface area (Å²) in [5.74, 6) is 0.308. The number of nitrogens with one attached hydrogen (secondary N) is 1. The van der Waals surface area contributed by atoms with Gasteiger partial charge in [-0.2, -0.15) is 13.2 Å². The van der Waals surface area contributed by atoms with Crippen molar-refractivity contribution >= 4 is 11.6 Å². The van der Waals surface area contributed by atoms with Crippen LogP contribution in [0.2, 0.25) is 0 Å². The van der Waals surface area contributed by atoms with Gasteiger partial charge in [-0.05, 0) is 24.3 Å². The number of carbonyl (C=O) groups is 1. The fourth-order valence-corrected chi connectivity index (χ4v) is 2.12. The van der Waals surface area contributed by atoms with Gasteiger partial charge in [0.15, 0.2) is 18.1 Å². The Labute approximate surface area is 140 Å². The molecule has 0 saturated heterocycles. The molecule has 6 nitrogen and oxygen atoms in total. The molecule has 0 unspecified atom stereocenters. The summed E-state index contributed by atoms with van der Waals surface area (Å²) in [7, 11) is 0. The molecule has 130 valence electrons. The first-order valence-electron chi connectivity index (χ1n) is 7.29. The number of pyridine rings is 1. The molecule has 3 rings (SSSR count). The quantitative estimate of drug-likeness (QED) is 0.767. The van der Waals surface area contributed by atoms with Crippen molar-refractivity contribution < 1.29 is 22.7 Å². The van der Waals surface area contributed by atoms with E-state index in [4.69, 9.17) is 4.74 Å². The molecule has 0 bridgehead atoms. The molecular weight excluding hydrogens is 337 g/mol. The maximum Gasteiger partial charge on any atom is 0.417 e. The third-order valence-corrected chi connectivity index (χ3v) is 3.36. The number of halogens is 3. The predicted octanol–water partition coefficient (Wildman–Crippen LogP) is 2.44. The van der Waals surface area contributed by atoms with Gasteiger partial charge in [-0.3, -0.25) is 9.20 Å². The normalized spacial score (nSPS) is 11.5. The van der Waals surface area contributed by atoms with Crippen LogP contribution < -0.4 is 10.1 Å². The first kappa shape index (κ1) is 16.7. The van der Waals surface area contributed by atoms with Crippen LogP contribution in [0.3, 0.4) is 0 Å². The molecule has 0 aliphatic heterocycles. The second-order valence-corrected chi connectivity index (χ2v) is 5.14. The van der Waals surface area contributed by atoms with Crippen molar-refractivity contribution in [2.45, 2.75) is 12.7 Å². The SMILES string of the molecule is O=C(COc1ccccc1)NCc1nnc2ccc(C(F)(F)F)cn12. The molecule has 1 amide bonds. The molecule has 0 atom stereocenters. The van der Waals surface area contributed by atoms with E-state index < -0.39 is 17.6 Å². The minimum absolute atomic E-state index is 0.0700. The third kappa shape index (κ3) is 4.06. The largest absolute Gasteiger partial charge is 0.484 e. The molecule has 0 aliphatic carbocycles. The predicted molar refractivity (Wildman–Crippen MR) is 81.8 cm³/mol. The van der Waals surface area contributed by atoms with Crippen molar-refractivity contribution in [1.29, 1.82) is 0 Å². The Morgan fingerprint density at radius 1 is 1.12 bits per heavy atom. The van der Waals surface area contributed by atoms with Crippen molar-refractivity contribution in [2.75, 3.05) is 6.61 Å². The number of hydrogen-bond donors (Lipinski definition) is 1. The van der Waals surface area contributed by atoms with Crippen LogP contribution in [0, 0.1) is 0 Å². The van der Waals surface area contributed by atoms with Gasteiger partial charge in [0.25, 0.3) is 5.91 Å². The summed E-state index contributed by atoms with van der Waals surface area (Å²) in [6.45, 7) is -0.284. The molecule has 2 heterocycles. The van der Waals surface area contributed by atoms with E-state index in [-0.39, 0.29) is 24.6 Å². The summed E-state index contributed by atoms with van der Waals surface area (Å²) in [6, 6.07) is 10.9. The van der Waals surface area contributed by atoms with Crippen LogP contribution >= 0.6 is 0 Å². The second kappa shape index (κ2) is 6.80. The van der Waals surface area contributed by atoms with E-state index in [1.807, 2.05) is 6.07 Å². The molecule has 25 heavy (non-hydrogen) atoms. The van der Waals surface area contributed by atoms with Gasteiger partial charge in [-0.1, -0.05) is 18.2 Å². The molecule has 1 aromatic carbocycles. The average Bonchev–Trinajstić information content (AvgIpc) is 3.00. The lowest BCUT2D eigenvalue weighted by molar-refractivity contribution is -0.137. The van der Waals surface area contributed by atoms with E-state index in [0.29, 0.717) is 5.75 Å². The Balaban J connectivity index is 1.63. The lowest BCUT2D eigenvalue weighted by Gasteiger charge is -2.08. The standard InChI is InChI=1S/C16H13F3N4O2/c17-16(18,19)11-6-7-13-21-22-14(23(13)9-11)8-20-15(24)10-25-12-4-2-1-3-5-12/h1-7,9H,8,10H2,(H,20,24). The number of fused-ring (bicyclic) bond motifs is 1. The Morgan fingerprint density at radius 3 is 2.60 bits per heavy atom. The number of nitrogens with zero attached hydrogens (tertiary/aromatic N) is 3. The van der Waals surface area contributed by atoms with Gasteiger partial charge in [0.05, 0.1) is 12.1 Å². The van der Waals surface area contributed by atoms with Crippen LogP contribution in [-0.2, 0) is 17.5 Å². The Kier molecular flexibility index (Phi) is 4.55. The highest BCUT2D eigenvalue weighted by molar-refractivity contribution is 5.77. The monoisotopic (exact) mass is 350 g/mol. The zero-order valence-electron chi connectivity index (χ0n) is 12.8. The molecule has 0 saturated carbocycles. The van der Waals surface area contributed by atoms with Gasteiger partial charge in [-0.15, -0.1) is 10.2 Å². The Hall–Kier alpha value is -3.10. The summed E-state index contributed by atoms with van der Waals surface area (Å²) in [5.41, 5.74) is -0.558. The van der Waals surface area contributed by atoms with Crippen LogP contribution in [0.15, 0.2) is 48.7 Å². The maximum atomic E-state index is 12.8. The molecule has 9 heteroatoms. The van der Waals surface area contributed by atoms with Crippen molar-refractivity contribution in [3.63, 3.8) is 0 Å². The van der Waals surface area contributed by atoms with Crippen LogP contribution in [-0.4, -0.2) is 27.1 Å². The minimum Gasteiger partial charge on any atom is -0.484 e. The zero-order chi connectivity index (χ0) is 17.9. The molecule has 3 aromatic rings. The van der Waals surface area contributed by atoms with Crippen molar-refractivity contribution in [2.24, 2.45) is 0 Å². The fourth-order valence-electron chi connectivity index (χ4n) is 2.12. The molecule has 0 radical (unpaired) electrons. The van der Waals surface area contributed by atoms with Crippen molar-refractivity contribution in [1.82, 2.24) is 19.9 Å². The first-order chi connectivity index (χ1) is 11.9. The van der Waals surface area contributed by atoms with E-state index in [0.717, 1.165) is 12.3 Å². The molecular formula is C16H13F3N4O2. The number of ether oxygens (including phenoxy) is 1. The van der Waals surface area contributed by atoms with Crippen LogP contribution in [0.4, 0.5) is 13.2 Å². The van der Waals surface area contributed by atoms with E-state index in [2.05, 4.69) is 15.5 Å². The van der Waals surface area contributed by atoms with Gasteiger partial charge in [0.1, 0.15) is 5.75 Å². The molecule has 0 spiro atoms. The number of aromatic nitrogens is 3. The number of hydrogen-bond acceptors (Lipinski definition) is 4. The highest BCUT2D eigenvalue weighted by Gasteiger charge is 2.31. The highest BCUT2D eigenvalue weighted by Crippen LogP contribution is 2.29. The van der Waals surface area contributed by atoms with Crippen LogP contribution in [0.25, 0.3) is 5.65 Å².